The lowest BCUT2D eigenvalue weighted by atomic mass is 10.0. The maximum atomic E-state index is 13.2. The molecule has 0 unspecified atom stereocenters. The Hall–Kier alpha value is -3.08. The number of aromatic nitrogens is 1. The molecule has 1 amide bonds. The molecule has 1 saturated carbocycles. The van der Waals surface area contributed by atoms with Gasteiger partial charge in [0.2, 0.25) is 5.91 Å². The molecule has 1 atom stereocenters. The van der Waals surface area contributed by atoms with Crippen molar-refractivity contribution in [3.8, 4) is 5.75 Å². The van der Waals surface area contributed by atoms with Crippen LogP contribution in [0.2, 0.25) is 0 Å². The molecular formula is C23H25N3O2. The third kappa shape index (κ3) is 3.93. The number of nitrogens with zero attached hydrogens (tertiary/aromatic N) is 1. The van der Waals surface area contributed by atoms with Crippen LogP contribution in [-0.4, -0.2) is 24.0 Å². The highest BCUT2D eigenvalue weighted by Gasteiger charge is 2.26. The number of hydrogen-bond acceptors (Lipinski definition) is 4. The van der Waals surface area contributed by atoms with Crippen molar-refractivity contribution in [3.05, 3.63) is 66.4 Å². The summed E-state index contributed by atoms with van der Waals surface area (Å²) in [4.78, 5) is 17.6. The van der Waals surface area contributed by atoms with Crippen LogP contribution in [0.5, 0.6) is 5.75 Å². The molecule has 2 aromatic carbocycles. The average molecular weight is 375 g/mol. The van der Waals surface area contributed by atoms with E-state index in [9.17, 15) is 4.79 Å². The number of carbonyl (C=O) groups excluding carboxylic acids is 1. The van der Waals surface area contributed by atoms with Crippen LogP contribution in [0.1, 0.15) is 37.3 Å². The number of ether oxygens (including phenoxy) is 1. The summed E-state index contributed by atoms with van der Waals surface area (Å²) < 4.78 is 5.46. The summed E-state index contributed by atoms with van der Waals surface area (Å²) in [5.41, 5.74) is 2.61. The molecule has 3 aromatic rings. The Balaban J connectivity index is 1.67. The first kappa shape index (κ1) is 18.3. The van der Waals surface area contributed by atoms with Crippen molar-refractivity contribution < 1.29 is 9.53 Å². The highest BCUT2D eigenvalue weighted by atomic mass is 16.5. The molecule has 1 aromatic heterocycles. The van der Waals surface area contributed by atoms with Gasteiger partial charge in [0.05, 0.1) is 18.3 Å². The van der Waals surface area contributed by atoms with Gasteiger partial charge < -0.3 is 15.4 Å². The molecule has 144 valence electrons. The van der Waals surface area contributed by atoms with Gasteiger partial charge in [-0.25, -0.2) is 0 Å². The van der Waals surface area contributed by atoms with Gasteiger partial charge in [0.15, 0.2) is 0 Å². The first-order valence-electron chi connectivity index (χ1n) is 9.79. The van der Waals surface area contributed by atoms with E-state index < -0.39 is 6.04 Å². The smallest absolute Gasteiger partial charge is 0.247 e. The molecule has 1 heterocycles. The van der Waals surface area contributed by atoms with E-state index in [1.54, 1.807) is 13.3 Å². The van der Waals surface area contributed by atoms with E-state index in [-0.39, 0.29) is 11.9 Å². The number of hydrogen-bond donors (Lipinski definition) is 2. The van der Waals surface area contributed by atoms with Crippen LogP contribution in [-0.2, 0) is 4.79 Å². The van der Waals surface area contributed by atoms with Crippen molar-refractivity contribution in [2.24, 2.45) is 0 Å². The summed E-state index contributed by atoms with van der Waals surface area (Å²) in [6, 6.07) is 17.3. The molecule has 0 spiro atoms. The zero-order valence-corrected chi connectivity index (χ0v) is 16.0. The fraction of sp³-hybridized carbons (Fsp3) is 0.304. The summed E-state index contributed by atoms with van der Waals surface area (Å²) in [5.74, 6) is 0.699. The van der Waals surface area contributed by atoms with E-state index in [4.69, 9.17) is 4.74 Å². The maximum Gasteiger partial charge on any atom is 0.247 e. The van der Waals surface area contributed by atoms with E-state index in [1.165, 1.54) is 12.8 Å². The number of amides is 1. The van der Waals surface area contributed by atoms with Crippen molar-refractivity contribution >= 4 is 22.5 Å². The van der Waals surface area contributed by atoms with E-state index in [1.807, 2.05) is 54.6 Å². The number of para-hydroxylation sites is 2. The van der Waals surface area contributed by atoms with Crippen LogP contribution < -0.4 is 15.4 Å². The molecule has 28 heavy (non-hydrogen) atoms. The van der Waals surface area contributed by atoms with Crippen molar-refractivity contribution in [2.75, 3.05) is 12.4 Å². The van der Waals surface area contributed by atoms with Gasteiger partial charge in [-0.3, -0.25) is 9.78 Å². The van der Waals surface area contributed by atoms with Crippen LogP contribution in [0.3, 0.4) is 0 Å². The van der Waals surface area contributed by atoms with Crippen molar-refractivity contribution in [1.29, 1.82) is 0 Å². The molecule has 0 saturated heterocycles. The number of methoxy groups -OCH3 is 1. The van der Waals surface area contributed by atoms with Crippen molar-refractivity contribution in [2.45, 2.75) is 37.8 Å². The number of pyridine rings is 1. The molecule has 0 aliphatic heterocycles. The van der Waals surface area contributed by atoms with Gasteiger partial charge in [0, 0.05) is 17.6 Å². The van der Waals surface area contributed by atoms with E-state index in [0.29, 0.717) is 5.75 Å². The Kier molecular flexibility index (Phi) is 5.42. The second-order valence-electron chi connectivity index (χ2n) is 7.22. The van der Waals surface area contributed by atoms with E-state index in [2.05, 4.69) is 15.6 Å². The summed E-state index contributed by atoms with van der Waals surface area (Å²) in [7, 11) is 1.63. The van der Waals surface area contributed by atoms with Crippen LogP contribution in [0, 0.1) is 0 Å². The minimum absolute atomic E-state index is 0.0129. The number of nitrogens with one attached hydrogen (secondary N) is 2. The highest BCUT2D eigenvalue weighted by molar-refractivity contribution is 5.89. The standard InChI is InChI=1S/C23H25N3O2/c1-28-21-11-5-4-10-20(21)26-22(23(27)25-18-8-2-3-9-18)17-12-13-19-16(15-17)7-6-14-24-19/h4-7,10-15,18,22,26H,2-3,8-9H2,1H3,(H,25,27)/t22-/m1/s1. The summed E-state index contributed by atoms with van der Waals surface area (Å²) in [6.07, 6.45) is 6.23. The SMILES string of the molecule is COc1ccccc1N[C@@H](C(=O)NC1CCCC1)c1ccc2ncccc2c1. The normalized spacial score (nSPS) is 15.3. The lowest BCUT2D eigenvalue weighted by Gasteiger charge is -2.23. The fourth-order valence-electron chi connectivity index (χ4n) is 3.85. The summed E-state index contributed by atoms with van der Waals surface area (Å²) in [6.45, 7) is 0. The average Bonchev–Trinajstić information content (AvgIpc) is 3.25. The lowest BCUT2D eigenvalue weighted by molar-refractivity contribution is -0.122. The van der Waals surface area contributed by atoms with Gasteiger partial charge >= 0.3 is 0 Å². The first-order chi connectivity index (χ1) is 13.7. The van der Waals surface area contributed by atoms with Crippen LogP contribution in [0.25, 0.3) is 10.9 Å². The van der Waals surface area contributed by atoms with Gasteiger partial charge in [0.1, 0.15) is 11.8 Å². The van der Waals surface area contributed by atoms with Crippen LogP contribution in [0.4, 0.5) is 5.69 Å². The minimum atomic E-state index is -0.512. The topological polar surface area (TPSA) is 63.2 Å². The molecule has 5 heteroatoms. The van der Waals surface area contributed by atoms with Gasteiger partial charge in [0.25, 0.3) is 0 Å². The molecule has 4 rings (SSSR count). The molecule has 1 aliphatic rings. The Labute approximate surface area is 165 Å². The molecule has 0 bridgehead atoms. The van der Waals surface area contributed by atoms with Gasteiger partial charge in [-0.15, -0.1) is 0 Å². The third-order valence-corrected chi connectivity index (χ3v) is 5.33. The van der Waals surface area contributed by atoms with Gasteiger partial charge in [-0.1, -0.05) is 37.1 Å². The van der Waals surface area contributed by atoms with Crippen LogP contribution >= 0.6 is 0 Å². The summed E-state index contributed by atoms with van der Waals surface area (Å²) >= 11 is 0. The Morgan fingerprint density at radius 3 is 2.75 bits per heavy atom. The molecule has 1 aliphatic carbocycles. The largest absolute Gasteiger partial charge is 0.495 e. The molecular weight excluding hydrogens is 350 g/mol. The monoisotopic (exact) mass is 375 g/mol. The van der Waals surface area contributed by atoms with Gasteiger partial charge in [-0.05, 0) is 48.7 Å². The van der Waals surface area contributed by atoms with Crippen molar-refractivity contribution in [1.82, 2.24) is 10.3 Å². The predicted molar refractivity (Wildman–Crippen MR) is 111 cm³/mol. The predicted octanol–water partition coefficient (Wildman–Crippen LogP) is 4.46. The zero-order chi connectivity index (χ0) is 19.3. The van der Waals surface area contributed by atoms with Crippen molar-refractivity contribution in [3.63, 3.8) is 0 Å². The highest BCUT2D eigenvalue weighted by Crippen LogP contribution is 2.30. The first-order valence-corrected chi connectivity index (χ1v) is 9.79. The fourth-order valence-corrected chi connectivity index (χ4v) is 3.85. The maximum absolute atomic E-state index is 13.2. The molecule has 2 N–H and O–H groups in total. The second-order valence-corrected chi connectivity index (χ2v) is 7.22. The van der Waals surface area contributed by atoms with E-state index >= 15 is 0 Å². The summed E-state index contributed by atoms with van der Waals surface area (Å²) in [5, 5.41) is 7.64. The second kappa shape index (κ2) is 8.30. The molecule has 5 nitrogen and oxygen atoms in total. The number of carbonyl (C=O) groups is 1. The quantitative estimate of drug-likeness (QED) is 0.668. The Morgan fingerprint density at radius 1 is 1.11 bits per heavy atom. The lowest BCUT2D eigenvalue weighted by Crippen LogP contribution is -2.39. The van der Waals surface area contributed by atoms with E-state index in [0.717, 1.165) is 35.0 Å². The molecule has 0 radical (unpaired) electrons. The Bertz CT molecular complexity index is 967. The van der Waals surface area contributed by atoms with Crippen LogP contribution in [0.15, 0.2) is 60.8 Å². The molecule has 1 fully saturated rings. The number of fused-ring (bicyclic) bond motifs is 1. The number of anilines is 1. The third-order valence-electron chi connectivity index (χ3n) is 5.33. The number of rotatable bonds is 6. The minimum Gasteiger partial charge on any atom is -0.495 e. The zero-order valence-electron chi connectivity index (χ0n) is 16.0. The number of benzene rings is 2. The van der Waals surface area contributed by atoms with Gasteiger partial charge in [-0.2, -0.15) is 0 Å². The Morgan fingerprint density at radius 2 is 1.93 bits per heavy atom.